The predicted octanol–water partition coefficient (Wildman–Crippen LogP) is 5.55. The van der Waals surface area contributed by atoms with E-state index in [1.54, 1.807) is 0 Å². The van der Waals surface area contributed by atoms with Crippen molar-refractivity contribution in [2.75, 3.05) is 14.2 Å². The Morgan fingerprint density at radius 1 is 1.07 bits per heavy atom. The fourth-order valence-corrected chi connectivity index (χ4v) is 7.25. The molecule has 4 bridgehead atoms. The second-order valence-electron chi connectivity index (χ2n) is 13.9. The van der Waals surface area contributed by atoms with E-state index in [9.17, 15) is 19.8 Å². The predicted molar refractivity (Wildman–Crippen MR) is 165 cm³/mol. The van der Waals surface area contributed by atoms with E-state index in [0.717, 1.165) is 11.1 Å². The van der Waals surface area contributed by atoms with Gasteiger partial charge in [-0.05, 0) is 86.5 Å². The number of hydrogen-bond donors (Lipinski definition) is 2. The zero-order chi connectivity index (χ0) is 32.6. The Morgan fingerprint density at radius 3 is 2.32 bits per heavy atom. The van der Waals surface area contributed by atoms with Crippen molar-refractivity contribution in [2.45, 2.75) is 103 Å². The summed E-state index contributed by atoms with van der Waals surface area (Å²) in [6, 6.07) is 0. The molecule has 1 aromatic rings. The lowest BCUT2D eigenvalue weighted by molar-refractivity contribution is -0.196. The minimum atomic E-state index is -2.02. The molecule has 9 nitrogen and oxygen atoms in total. The first-order valence-corrected chi connectivity index (χ1v) is 15.0. The van der Waals surface area contributed by atoms with Crippen molar-refractivity contribution in [1.29, 1.82) is 0 Å². The molecule has 2 fully saturated rings. The molecular formula is C35H44O9. The number of allylic oxidation sites excluding steroid dienone is 3. The van der Waals surface area contributed by atoms with Crippen LogP contribution in [-0.2, 0) is 25.5 Å². The first-order chi connectivity index (χ1) is 20.4. The molecule has 2 N–H and O–H groups in total. The summed E-state index contributed by atoms with van der Waals surface area (Å²) in [5, 5.41) is 24.3. The first kappa shape index (κ1) is 32.0. The fraction of sp³-hybridized carbons (Fsp3) is 0.543. The van der Waals surface area contributed by atoms with E-state index >= 15 is 0 Å². The first-order valence-electron chi connectivity index (χ1n) is 15.0. The average molecular weight is 609 g/mol. The molecule has 0 amide bonds. The highest BCUT2D eigenvalue weighted by molar-refractivity contribution is 6.08. The van der Waals surface area contributed by atoms with Gasteiger partial charge in [0.05, 0.1) is 23.8 Å². The monoisotopic (exact) mass is 608 g/mol. The Balaban J connectivity index is 1.70. The van der Waals surface area contributed by atoms with Gasteiger partial charge in [-0.2, -0.15) is 0 Å². The lowest BCUT2D eigenvalue weighted by Gasteiger charge is -2.55. The van der Waals surface area contributed by atoms with E-state index in [-0.39, 0.29) is 42.1 Å². The highest BCUT2D eigenvalue weighted by atomic mass is 16.6. The van der Waals surface area contributed by atoms with Crippen LogP contribution in [0.15, 0.2) is 41.0 Å². The van der Waals surface area contributed by atoms with Crippen LogP contribution in [0.4, 0.5) is 0 Å². The number of Topliss-reactive ketones (excluding diaryl/α,β-unsaturated/α-hetero) is 1. The lowest BCUT2D eigenvalue weighted by Crippen LogP contribution is -2.74. The van der Waals surface area contributed by atoms with Gasteiger partial charge >= 0.3 is 5.97 Å². The van der Waals surface area contributed by atoms with Gasteiger partial charge in [0.25, 0.3) is 0 Å². The fourth-order valence-electron chi connectivity index (χ4n) is 7.25. The molecule has 238 valence electrons. The molecule has 1 aromatic carbocycles. The molecule has 1 saturated heterocycles. The number of ether oxygens (including phenoxy) is 5. The molecule has 5 aliphatic rings. The normalized spacial score (nSPS) is 30.2. The molecule has 1 saturated carbocycles. The Labute approximate surface area is 259 Å². The van der Waals surface area contributed by atoms with E-state index in [2.05, 4.69) is 0 Å². The zero-order valence-electron chi connectivity index (χ0n) is 27.3. The quantitative estimate of drug-likeness (QED) is 0.222. The summed E-state index contributed by atoms with van der Waals surface area (Å²) < 4.78 is 30.3. The average Bonchev–Trinajstić information content (AvgIpc) is 3.08. The van der Waals surface area contributed by atoms with Crippen LogP contribution in [0, 0.1) is 5.92 Å². The number of benzene rings is 1. The highest BCUT2D eigenvalue weighted by Crippen LogP contribution is 2.66. The van der Waals surface area contributed by atoms with Crippen molar-refractivity contribution >= 4 is 17.8 Å². The number of methoxy groups -OCH3 is 2. The Kier molecular flexibility index (Phi) is 7.51. The maximum atomic E-state index is 14.4. The second-order valence-corrected chi connectivity index (χ2v) is 13.9. The van der Waals surface area contributed by atoms with Crippen molar-refractivity contribution in [3.05, 3.63) is 52.2 Å². The number of carbonyl (C=O) groups is 2. The van der Waals surface area contributed by atoms with Crippen LogP contribution in [0.2, 0.25) is 0 Å². The Hall–Kier alpha value is -3.40. The summed E-state index contributed by atoms with van der Waals surface area (Å²) in [5.74, 6) is -2.06. The molecule has 2 aliphatic heterocycles. The van der Waals surface area contributed by atoms with Crippen molar-refractivity contribution in [2.24, 2.45) is 5.92 Å². The molecule has 6 rings (SSSR count). The third-order valence-corrected chi connectivity index (χ3v) is 9.42. The molecule has 44 heavy (non-hydrogen) atoms. The molecule has 4 atom stereocenters. The number of ketones is 1. The number of rotatable bonds is 8. The van der Waals surface area contributed by atoms with Crippen LogP contribution in [0.25, 0.3) is 6.08 Å². The van der Waals surface area contributed by atoms with E-state index in [0.29, 0.717) is 16.9 Å². The minimum Gasteiger partial charge on any atom is -0.502 e. The van der Waals surface area contributed by atoms with Crippen LogP contribution < -0.4 is 14.2 Å². The number of phenolic OH excluding ortho intramolecular Hbond substituents is 1. The number of hydrogen-bond acceptors (Lipinski definition) is 9. The SMILES string of the molecule is COc1c2c(c(O)c(OC(=O)C3=C[C@]4(OC)C[C@@H]5C(C)(C)O[C@@](CC=C(C)C)(C4=O)[C@@]35O)c1CC=C(C)C)OC(C)(C)C=C2. The summed E-state index contributed by atoms with van der Waals surface area (Å²) in [6.45, 7) is 14.9. The van der Waals surface area contributed by atoms with Crippen LogP contribution >= 0.6 is 0 Å². The third-order valence-electron chi connectivity index (χ3n) is 9.42. The van der Waals surface area contributed by atoms with E-state index in [1.807, 2.05) is 79.7 Å². The van der Waals surface area contributed by atoms with Crippen LogP contribution in [-0.4, -0.2) is 64.2 Å². The Bertz CT molecular complexity index is 1550. The molecule has 3 aliphatic carbocycles. The number of carbonyl (C=O) groups excluding carboxylic acids is 2. The van der Waals surface area contributed by atoms with Gasteiger partial charge in [0.1, 0.15) is 22.6 Å². The van der Waals surface area contributed by atoms with Crippen LogP contribution in [0.1, 0.15) is 79.4 Å². The number of fused-ring (bicyclic) bond motifs is 1. The van der Waals surface area contributed by atoms with Gasteiger partial charge < -0.3 is 33.9 Å². The summed E-state index contributed by atoms with van der Waals surface area (Å²) >= 11 is 0. The molecule has 0 unspecified atom stereocenters. The molecule has 9 heteroatoms. The third kappa shape index (κ3) is 4.46. The largest absolute Gasteiger partial charge is 0.502 e. The molecular weight excluding hydrogens is 564 g/mol. The van der Waals surface area contributed by atoms with Gasteiger partial charge in [-0.1, -0.05) is 23.3 Å². The molecule has 0 aromatic heterocycles. The number of aliphatic hydroxyl groups is 1. The van der Waals surface area contributed by atoms with Gasteiger partial charge in [0, 0.05) is 25.0 Å². The molecule has 0 radical (unpaired) electrons. The zero-order valence-corrected chi connectivity index (χ0v) is 27.3. The van der Waals surface area contributed by atoms with Gasteiger partial charge in [-0.25, -0.2) is 4.79 Å². The second kappa shape index (κ2) is 10.3. The molecule has 0 spiro atoms. The maximum absolute atomic E-state index is 14.4. The number of aromatic hydroxyl groups is 1. The Morgan fingerprint density at radius 2 is 1.73 bits per heavy atom. The van der Waals surface area contributed by atoms with E-state index < -0.39 is 45.7 Å². The topological polar surface area (TPSA) is 121 Å². The summed E-state index contributed by atoms with van der Waals surface area (Å²) in [6.07, 6.45) is 9.26. The number of esters is 1. The van der Waals surface area contributed by atoms with Gasteiger partial charge in [0.15, 0.2) is 17.1 Å². The van der Waals surface area contributed by atoms with Crippen molar-refractivity contribution in [3.63, 3.8) is 0 Å². The van der Waals surface area contributed by atoms with E-state index in [1.165, 1.54) is 20.3 Å². The standard InChI is InChI=1S/C35H44O9/c1-19(2)11-12-21-26(40-9)22-14-15-31(5,6)43-28(22)25(36)27(21)42-29(37)23-17-33(41-10)18-24-32(7,8)44-34(30(33)38,35(23,24)39)16-13-20(3)4/h11,13-15,17,24,36,39H,12,16,18H2,1-10H3/t24-,33+,34+,35-/m1/s1. The summed E-state index contributed by atoms with van der Waals surface area (Å²) in [4.78, 5) is 28.6. The molecule has 2 heterocycles. The summed E-state index contributed by atoms with van der Waals surface area (Å²) in [5.41, 5.74) is -4.30. The van der Waals surface area contributed by atoms with E-state index in [4.69, 9.17) is 23.7 Å². The minimum absolute atomic E-state index is 0.0410. The number of phenols is 1. The highest BCUT2D eigenvalue weighted by Gasteiger charge is 2.82. The van der Waals surface area contributed by atoms with Crippen LogP contribution in [0.5, 0.6) is 23.0 Å². The lowest BCUT2D eigenvalue weighted by atomic mass is 9.51. The van der Waals surface area contributed by atoms with Gasteiger partial charge in [-0.3, -0.25) is 4.79 Å². The van der Waals surface area contributed by atoms with Crippen molar-refractivity contribution < 1.29 is 43.5 Å². The van der Waals surface area contributed by atoms with Crippen molar-refractivity contribution in [1.82, 2.24) is 0 Å². The van der Waals surface area contributed by atoms with Gasteiger partial charge in [0.2, 0.25) is 11.5 Å². The maximum Gasteiger partial charge on any atom is 0.342 e. The van der Waals surface area contributed by atoms with Gasteiger partial charge in [-0.15, -0.1) is 0 Å². The van der Waals surface area contributed by atoms with Crippen LogP contribution in [0.3, 0.4) is 0 Å². The smallest absolute Gasteiger partial charge is 0.342 e. The summed E-state index contributed by atoms with van der Waals surface area (Å²) in [7, 11) is 2.92. The van der Waals surface area contributed by atoms with Crippen molar-refractivity contribution in [3.8, 4) is 23.0 Å².